The molecule has 1 aliphatic heterocycles. The van der Waals surface area contributed by atoms with Crippen molar-refractivity contribution >= 4 is 39.2 Å². The van der Waals surface area contributed by atoms with Gasteiger partial charge in [0.25, 0.3) is 5.56 Å². The van der Waals surface area contributed by atoms with E-state index in [1.807, 2.05) is 47.5 Å². The Kier molecular flexibility index (Phi) is 5.79. The van der Waals surface area contributed by atoms with Crippen LogP contribution in [0.2, 0.25) is 0 Å². The lowest BCUT2D eigenvalue weighted by Gasteiger charge is -2.35. The van der Waals surface area contributed by atoms with Crippen molar-refractivity contribution < 1.29 is 4.79 Å². The summed E-state index contributed by atoms with van der Waals surface area (Å²) in [6.45, 7) is 8.00. The molecule has 1 fully saturated rings. The Labute approximate surface area is 178 Å². The number of benzene rings is 1. The molecule has 0 radical (unpaired) electrons. The Hall–Kier alpha value is -2.12. The van der Waals surface area contributed by atoms with Crippen LogP contribution in [-0.4, -0.2) is 39.2 Å². The molecule has 2 aromatic heterocycles. The topological polar surface area (TPSA) is 55.2 Å². The highest BCUT2D eigenvalue weighted by atomic mass is 32.2. The number of amides is 1. The summed E-state index contributed by atoms with van der Waals surface area (Å²) in [6.07, 6.45) is 1.17. The number of carbonyl (C=O) groups is 1. The van der Waals surface area contributed by atoms with Crippen molar-refractivity contribution in [3.63, 3.8) is 0 Å². The van der Waals surface area contributed by atoms with E-state index in [0.717, 1.165) is 24.3 Å². The van der Waals surface area contributed by atoms with Gasteiger partial charge in [-0.1, -0.05) is 43.8 Å². The average Bonchev–Trinajstić information content (AvgIpc) is 3.15. The minimum Gasteiger partial charge on any atom is -0.341 e. The maximum absolute atomic E-state index is 13.2. The maximum atomic E-state index is 13.2. The molecule has 0 spiro atoms. The third kappa shape index (κ3) is 4.12. The average molecular weight is 428 g/mol. The van der Waals surface area contributed by atoms with Gasteiger partial charge in [-0.05, 0) is 48.3 Å². The lowest BCUT2D eigenvalue weighted by atomic mass is 9.92. The van der Waals surface area contributed by atoms with Gasteiger partial charge in [0.15, 0.2) is 5.16 Å². The first-order valence-electron chi connectivity index (χ1n) is 9.91. The van der Waals surface area contributed by atoms with Crippen LogP contribution in [0.15, 0.2) is 45.7 Å². The molecule has 0 bridgehead atoms. The van der Waals surface area contributed by atoms with Gasteiger partial charge < -0.3 is 4.90 Å². The molecule has 1 aliphatic rings. The number of hydrogen-bond acceptors (Lipinski definition) is 5. The lowest BCUT2D eigenvalue weighted by molar-refractivity contribution is -0.130. The molecule has 4 rings (SSSR count). The summed E-state index contributed by atoms with van der Waals surface area (Å²) in [5.41, 5.74) is 2.43. The molecule has 1 saturated heterocycles. The van der Waals surface area contributed by atoms with Crippen molar-refractivity contribution in [2.75, 3.05) is 18.8 Å². The van der Waals surface area contributed by atoms with E-state index in [1.165, 1.54) is 29.5 Å². The molecule has 2 unspecified atom stereocenters. The molecule has 29 heavy (non-hydrogen) atoms. The first kappa shape index (κ1) is 20.2. The van der Waals surface area contributed by atoms with E-state index >= 15 is 0 Å². The zero-order chi connectivity index (χ0) is 20.5. The van der Waals surface area contributed by atoms with Crippen LogP contribution in [-0.2, 0) is 4.79 Å². The maximum Gasteiger partial charge on any atom is 0.276 e. The normalized spacial score (nSPS) is 19.6. The number of aromatic nitrogens is 2. The van der Waals surface area contributed by atoms with E-state index in [1.54, 1.807) is 4.57 Å². The van der Waals surface area contributed by atoms with Crippen LogP contribution in [0.3, 0.4) is 0 Å². The zero-order valence-corrected chi connectivity index (χ0v) is 18.6. The summed E-state index contributed by atoms with van der Waals surface area (Å²) in [6, 6.07) is 9.65. The smallest absolute Gasteiger partial charge is 0.276 e. The highest BCUT2D eigenvalue weighted by Gasteiger charge is 2.26. The van der Waals surface area contributed by atoms with Crippen molar-refractivity contribution in [1.29, 1.82) is 0 Å². The number of fused-ring (bicyclic) bond motifs is 1. The lowest BCUT2D eigenvalue weighted by Crippen LogP contribution is -2.43. The molecular formula is C22H25N3O2S2. The summed E-state index contributed by atoms with van der Waals surface area (Å²) in [4.78, 5) is 32.8. The van der Waals surface area contributed by atoms with E-state index in [-0.39, 0.29) is 17.2 Å². The van der Waals surface area contributed by atoms with Crippen LogP contribution in [0.5, 0.6) is 0 Å². The monoisotopic (exact) mass is 427 g/mol. The second-order valence-corrected chi connectivity index (χ2v) is 9.85. The number of aryl methyl sites for hydroxylation is 1. The van der Waals surface area contributed by atoms with Crippen LogP contribution < -0.4 is 5.56 Å². The Bertz CT molecular complexity index is 1090. The number of rotatable bonds is 4. The Morgan fingerprint density at radius 1 is 1.21 bits per heavy atom. The van der Waals surface area contributed by atoms with Gasteiger partial charge in [-0.2, -0.15) is 0 Å². The fourth-order valence-electron chi connectivity index (χ4n) is 4.10. The predicted octanol–water partition coefficient (Wildman–Crippen LogP) is 4.35. The fourth-order valence-corrected chi connectivity index (χ4v) is 5.77. The van der Waals surface area contributed by atoms with Crippen LogP contribution >= 0.6 is 23.1 Å². The van der Waals surface area contributed by atoms with Crippen molar-refractivity contribution in [3.05, 3.63) is 51.6 Å². The van der Waals surface area contributed by atoms with E-state index in [4.69, 9.17) is 4.98 Å². The second kappa shape index (κ2) is 8.32. The van der Waals surface area contributed by atoms with Gasteiger partial charge >= 0.3 is 0 Å². The van der Waals surface area contributed by atoms with Crippen molar-refractivity contribution in [2.24, 2.45) is 11.8 Å². The van der Waals surface area contributed by atoms with E-state index in [2.05, 4.69) is 13.8 Å². The van der Waals surface area contributed by atoms with Crippen LogP contribution in [0.1, 0.15) is 25.8 Å². The number of piperidine rings is 1. The van der Waals surface area contributed by atoms with Gasteiger partial charge in [0.2, 0.25) is 5.91 Å². The molecule has 2 atom stereocenters. The Morgan fingerprint density at radius 3 is 2.66 bits per heavy atom. The molecule has 0 saturated carbocycles. The number of para-hydroxylation sites is 1. The van der Waals surface area contributed by atoms with Gasteiger partial charge in [-0.25, -0.2) is 4.98 Å². The quantitative estimate of drug-likeness (QED) is 0.459. The van der Waals surface area contributed by atoms with Crippen molar-refractivity contribution in [1.82, 2.24) is 14.5 Å². The Balaban J connectivity index is 1.66. The second-order valence-electron chi connectivity index (χ2n) is 7.99. The molecule has 0 N–H and O–H groups in total. The molecule has 7 heteroatoms. The Morgan fingerprint density at radius 2 is 1.93 bits per heavy atom. The fraction of sp³-hybridized carbons (Fsp3) is 0.409. The number of carbonyl (C=O) groups excluding carboxylic acids is 1. The third-order valence-corrected chi connectivity index (χ3v) is 7.17. The molecule has 0 aliphatic carbocycles. The first-order valence-corrected chi connectivity index (χ1v) is 11.8. The van der Waals surface area contributed by atoms with E-state index in [9.17, 15) is 9.59 Å². The molecule has 1 aromatic carbocycles. The van der Waals surface area contributed by atoms with Gasteiger partial charge in [0, 0.05) is 13.1 Å². The minimum absolute atomic E-state index is 0.0746. The number of nitrogens with zero attached hydrogens (tertiary/aromatic N) is 3. The molecule has 3 aromatic rings. The van der Waals surface area contributed by atoms with Gasteiger partial charge in [-0.15, -0.1) is 11.3 Å². The SMILES string of the molecule is Cc1ccccc1-n1c(SCC(=O)N2CC(C)CC(C)C2)nc2ccsc2c1=O. The molecule has 5 nitrogen and oxygen atoms in total. The third-order valence-electron chi connectivity index (χ3n) is 5.35. The van der Waals surface area contributed by atoms with Gasteiger partial charge in [0.1, 0.15) is 4.70 Å². The predicted molar refractivity (Wildman–Crippen MR) is 120 cm³/mol. The zero-order valence-electron chi connectivity index (χ0n) is 16.9. The number of likely N-dealkylation sites (tertiary alicyclic amines) is 1. The highest BCUT2D eigenvalue weighted by molar-refractivity contribution is 7.99. The van der Waals surface area contributed by atoms with Crippen molar-refractivity contribution in [3.8, 4) is 5.69 Å². The molecule has 152 valence electrons. The minimum atomic E-state index is -0.0746. The summed E-state index contributed by atoms with van der Waals surface area (Å²) >= 11 is 2.76. The first-order chi connectivity index (χ1) is 13.9. The molecule has 3 heterocycles. The summed E-state index contributed by atoms with van der Waals surface area (Å²) < 4.78 is 2.30. The summed E-state index contributed by atoms with van der Waals surface area (Å²) in [5.74, 6) is 1.45. The van der Waals surface area contributed by atoms with Crippen LogP contribution in [0, 0.1) is 18.8 Å². The van der Waals surface area contributed by atoms with Crippen molar-refractivity contribution in [2.45, 2.75) is 32.3 Å². The molecule has 1 amide bonds. The van der Waals surface area contributed by atoms with Gasteiger partial charge in [0.05, 0.1) is 17.0 Å². The summed E-state index contributed by atoms with van der Waals surface area (Å²) in [5, 5.41) is 2.46. The standard InChI is InChI=1S/C22H25N3O2S2/c1-14-10-15(2)12-24(11-14)19(26)13-29-22-23-17-8-9-28-20(17)21(27)25(22)18-7-5-4-6-16(18)3/h4-9,14-15H,10-13H2,1-3H3. The van der Waals surface area contributed by atoms with Gasteiger partial charge in [-0.3, -0.25) is 14.2 Å². The highest BCUT2D eigenvalue weighted by Crippen LogP contribution is 2.26. The number of thiophene rings is 1. The van der Waals surface area contributed by atoms with Crippen LogP contribution in [0.4, 0.5) is 0 Å². The molecular weight excluding hydrogens is 402 g/mol. The number of thioether (sulfide) groups is 1. The largest absolute Gasteiger partial charge is 0.341 e. The van der Waals surface area contributed by atoms with E-state index in [0.29, 0.717) is 27.2 Å². The number of hydrogen-bond donors (Lipinski definition) is 0. The van der Waals surface area contributed by atoms with Crippen LogP contribution in [0.25, 0.3) is 15.9 Å². The summed E-state index contributed by atoms with van der Waals surface area (Å²) in [7, 11) is 0. The van der Waals surface area contributed by atoms with E-state index < -0.39 is 0 Å².